The van der Waals surface area contributed by atoms with Crippen LogP contribution in [0.2, 0.25) is 0 Å². The van der Waals surface area contributed by atoms with Gasteiger partial charge in [-0.05, 0) is 27.7 Å². The molecule has 0 bridgehead atoms. The van der Waals surface area contributed by atoms with Gasteiger partial charge in [0.05, 0.1) is 11.8 Å². The van der Waals surface area contributed by atoms with Crippen molar-refractivity contribution in [2.45, 2.75) is 39.8 Å². The number of carbonyl (C=O) groups excluding carboxylic acids is 2. The number of carboxylic acid groups (broad SMARTS) is 2. The quantitative estimate of drug-likeness (QED) is 0.326. The van der Waals surface area contributed by atoms with Crippen molar-refractivity contribution in [2.75, 3.05) is 11.5 Å². The molecule has 12 heteroatoms. The number of nitrogens with one attached hydrogen (secondary N) is 2. The number of aliphatic carboxylic acids is 2. The molecule has 1 heterocycles. The van der Waals surface area contributed by atoms with Crippen molar-refractivity contribution < 1.29 is 29.4 Å². The Morgan fingerprint density at radius 3 is 1.29 bits per heavy atom. The van der Waals surface area contributed by atoms with E-state index in [0.29, 0.717) is 0 Å². The molecule has 1 rings (SSSR count). The largest absolute Gasteiger partial charge is 0.481 e. The highest BCUT2D eigenvalue weighted by Crippen LogP contribution is 2.15. The molecule has 1 aromatic rings. The van der Waals surface area contributed by atoms with E-state index in [-0.39, 0.29) is 23.0 Å². The highest BCUT2D eigenvalue weighted by Gasteiger charge is 2.27. The topological polar surface area (TPSA) is 211 Å². The zero-order chi connectivity index (χ0) is 21.8. The SMILES string of the molecule is CC(NC(=O)c1nc(N)c(C(=O)NC(C)C(C)C(=O)O)nc1N)C(C)C(=O)O. The van der Waals surface area contributed by atoms with Gasteiger partial charge in [0.2, 0.25) is 0 Å². The van der Waals surface area contributed by atoms with E-state index in [2.05, 4.69) is 20.6 Å². The molecule has 0 aliphatic carbocycles. The summed E-state index contributed by atoms with van der Waals surface area (Å²) in [5.41, 5.74) is 10.7. The first-order valence-electron chi connectivity index (χ1n) is 8.37. The molecule has 0 aromatic carbocycles. The Morgan fingerprint density at radius 2 is 1.04 bits per heavy atom. The average molecular weight is 396 g/mol. The Bertz CT molecular complexity index is 732. The number of carbonyl (C=O) groups is 4. The van der Waals surface area contributed by atoms with Crippen LogP contribution in [0.15, 0.2) is 0 Å². The van der Waals surface area contributed by atoms with Crippen LogP contribution in [-0.4, -0.2) is 56.0 Å². The number of carboxylic acids is 2. The lowest BCUT2D eigenvalue weighted by atomic mass is 10.0. The molecule has 0 fully saturated rings. The fourth-order valence-electron chi connectivity index (χ4n) is 2.02. The zero-order valence-electron chi connectivity index (χ0n) is 15.9. The maximum atomic E-state index is 12.3. The van der Waals surface area contributed by atoms with E-state index in [0.717, 1.165) is 0 Å². The van der Waals surface area contributed by atoms with E-state index in [9.17, 15) is 19.2 Å². The van der Waals surface area contributed by atoms with Crippen molar-refractivity contribution >= 4 is 35.4 Å². The third-order valence-electron chi connectivity index (χ3n) is 4.38. The summed E-state index contributed by atoms with van der Waals surface area (Å²) >= 11 is 0. The van der Waals surface area contributed by atoms with E-state index in [1.807, 2.05) is 0 Å². The Hall–Kier alpha value is -3.44. The molecule has 0 radical (unpaired) electrons. The van der Waals surface area contributed by atoms with Gasteiger partial charge in [0.1, 0.15) is 0 Å². The lowest BCUT2D eigenvalue weighted by Gasteiger charge is -2.19. The van der Waals surface area contributed by atoms with Crippen molar-refractivity contribution in [1.82, 2.24) is 20.6 Å². The van der Waals surface area contributed by atoms with Gasteiger partial charge in [0.25, 0.3) is 11.8 Å². The van der Waals surface area contributed by atoms with Crippen LogP contribution in [0.25, 0.3) is 0 Å². The van der Waals surface area contributed by atoms with Crippen LogP contribution < -0.4 is 22.1 Å². The number of hydrogen-bond donors (Lipinski definition) is 6. The monoisotopic (exact) mass is 396 g/mol. The summed E-state index contributed by atoms with van der Waals surface area (Å²) in [5.74, 6) is -6.27. The zero-order valence-corrected chi connectivity index (χ0v) is 15.9. The number of rotatable bonds is 8. The molecule has 4 unspecified atom stereocenters. The van der Waals surface area contributed by atoms with Crippen LogP contribution in [0, 0.1) is 11.8 Å². The lowest BCUT2D eigenvalue weighted by molar-refractivity contribution is -0.142. The molecule has 4 atom stereocenters. The summed E-state index contributed by atoms with van der Waals surface area (Å²) in [6, 6.07) is -1.46. The number of nitrogens with two attached hydrogens (primary N) is 2. The van der Waals surface area contributed by atoms with Crippen LogP contribution in [0.4, 0.5) is 11.6 Å². The first-order chi connectivity index (χ1) is 12.9. The number of anilines is 2. The Labute approximate surface area is 160 Å². The Morgan fingerprint density at radius 1 is 0.750 bits per heavy atom. The summed E-state index contributed by atoms with van der Waals surface area (Å²) < 4.78 is 0. The summed E-state index contributed by atoms with van der Waals surface area (Å²) in [6.07, 6.45) is 0. The molecule has 28 heavy (non-hydrogen) atoms. The molecule has 0 saturated heterocycles. The van der Waals surface area contributed by atoms with Crippen molar-refractivity contribution in [2.24, 2.45) is 11.8 Å². The van der Waals surface area contributed by atoms with Crippen LogP contribution >= 0.6 is 0 Å². The van der Waals surface area contributed by atoms with Gasteiger partial charge >= 0.3 is 11.9 Å². The van der Waals surface area contributed by atoms with E-state index in [1.165, 1.54) is 27.7 Å². The molecular weight excluding hydrogens is 372 g/mol. The fraction of sp³-hybridized carbons (Fsp3) is 0.500. The van der Waals surface area contributed by atoms with Gasteiger partial charge < -0.3 is 32.3 Å². The molecule has 2 amide bonds. The summed E-state index contributed by atoms with van der Waals surface area (Å²) in [7, 11) is 0. The van der Waals surface area contributed by atoms with Crippen molar-refractivity contribution in [3.8, 4) is 0 Å². The third-order valence-corrected chi connectivity index (χ3v) is 4.38. The van der Waals surface area contributed by atoms with E-state index < -0.39 is 47.7 Å². The van der Waals surface area contributed by atoms with E-state index in [4.69, 9.17) is 21.7 Å². The first-order valence-corrected chi connectivity index (χ1v) is 8.37. The van der Waals surface area contributed by atoms with E-state index >= 15 is 0 Å². The van der Waals surface area contributed by atoms with Gasteiger partial charge in [-0.1, -0.05) is 0 Å². The van der Waals surface area contributed by atoms with Gasteiger partial charge in [-0.3, -0.25) is 19.2 Å². The van der Waals surface area contributed by atoms with Crippen molar-refractivity contribution in [1.29, 1.82) is 0 Å². The Kier molecular flexibility index (Phi) is 7.24. The second-order valence-electron chi connectivity index (χ2n) is 6.47. The van der Waals surface area contributed by atoms with Crippen LogP contribution in [0.1, 0.15) is 48.7 Å². The first kappa shape index (κ1) is 22.6. The number of hydrogen-bond acceptors (Lipinski definition) is 8. The van der Waals surface area contributed by atoms with Gasteiger partial charge in [0, 0.05) is 12.1 Å². The average Bonchev–Trinajstić information content (AvgIpc) is 2.61. The second kappa shape index (κ2) is 8.97. The smallest absolute Gasteiger partial charge is 0.308 e. The maximum Gasteiger partial charge on any atom is 0.308 e. The molecule has 1 aromatic heterocycles. The van der Waals surface area contributed by atoms with Crippen molar-refractivity contribution in [3.63, 3.8) is 0 Å². The summed E-state index contributed by atoms with van der Waals surface area (Å²) in [6.45, 7) is 5.83. The third kappa shape index (κ3) is 5.28. The molecule has 0 spiro atoms. The van der Waals surface area contributed by atoms with Gasteiger partial charge in [0.15, 0.2) is 23.0 Å². The molecule has 8 N–H and O–H groups in total. The maximum absolute atomic E-state index is 12.3. The van der Waals surface area contributed by atoms with Crippen molar-refractivity contribution in [3.05, 3.63) is 11.4 Å². The number of amides is 2. The second-order valence-corrected chi connectivity index (χ2v) is 6.47. The molecule has 154 valence electrons. The van der Waals surface area contributed by atoms with Crippen LogP contribution in [0.3, 0.4) is 0 Å². The Balaban J connectivity index is 3.01. The van der Waals surface area contributed by atoms with Gasteiger partial charge in [-0.2, -0.15) is 0 Å². The highest BCUT2D eigenvalue weighted by molar-refractivity contribution is 6.01. The highest BCUT2D eigenvalue weighted by atomic mass is 16.4. The van der Waals surface area contributed by atoms with Crippen LogP contribution in [-0.2, 0) is 9.59 Å². The predicted molar refractivity (Wildman–Crippen MR) is 98.3 cm³/mol. The normalized spacial score (nSPS) is 15.0. The standard InChI is InChI=1S/C16H24N6O6/c1-5(15(25)26)7(3)19-13(23)9-11(17)22-10(12(18)21-9)14(24)20-8(4)6(2)16(27)28/h5-8H,1-4H3,(H2,18,21)(H2,17,22)(H,19,23)(H,20,24)(H,25,26)(H,27,28). The minimum Gasteiger partial charge on any atom is -0.481 e. The fourth-order valence-corrected chi connectivity index (χ4v) is 2.02. The number of nitrogen functional groups attached to an aromatic ring is 2. The lowest BCUT2D eigenvalue weighted by Crippen LogP contribution is -2.42. The number of nitrogens with zero attached hydrogens (tertiary/aromatic N) is 2. The van der Waals surface area contributed by atoms with Crippen LogP contribution in [0.5, 0.6) is 0 Å². The summed E-state index contributed by atoms with van der Waals surface area (Å²) in [5, 5.41) is 22.8. The summed E-state index contributed by atoms with van der Waals surface area (Å²) in [4.78, 5) is 54.1. The van der Waals surface area contributed by atoms with Gasteiger partial charge in [-0.15, -0.1) is 0 Å². The molecular formula is C16H24N6O6. The molecule has 12 nitrogen and oxygen atoms in total. The molecule has 0 aliphatic heterocycles. The molecule has 0 saturated carbocycles. The molecule has 0 aliphatic rings. The number of aromatic nitrogens is 2. The minimum atomic E-state index is -1.09. The van der Waals surface area contributed by atoms with E-state index in [1.54, 1.807) is 0 Å². The van der Waals surface area contributed by atoms with Gasteiger partial charge in [-0.25, -0.2) is 9.97 Å². The minimum absolute atomic E-state index is 0.356. The predicted octanol–water partition coefficient (Wildman–Crippen LogP) is -0.681.